The van der Waals surface area contributed by atoms with Crippen LogP contribution in [-0.4, -0.2) is 53.4 Å². The first-order valence-electron chi connectivity index (χ1n) is 7.85. The van der Waals surface area contributed by atoms with Crippen molar-refractivity contribution in [3.63, 3.8) is 0 Å². The maximum atomic E-state index is 13.0. The minimum Gasteiger partial charge on any atom is -0.370 e. The zero-order chi connectivity index (χ0) is 16.9. The standard InChI is InChI=1S/C16H20BrFN6/c17-13-11-21-24(12-13)6-5-20-16(19)23-9-7-22(8-10-23)15-3-1-14(18)2-4-15/h1-4,11-12H,5-10H2,(H2,19,20). The summed E-state index contributed by atoms with van der Waals surface area (Å²) in [4.78, 5) is 8.75. The molecule has 1 aliphatic heterocycles. The summed E-state index contributed by atoms with van der Waals surface area (Å²) < 4.78 is 15.8. The Hall–Kier alpha value is -2.09. The molecule has 8 heteroatoms. The molecule has 0 radical (unpaired) electrons. The SMILES string of the molecule is NC(=NCCn1cc(Br)cn1)N1CCN(c2ccc(F)cc2)CC1. The lowest BCUT2D eigenvalue weighted by atomic mass is 10.2. The van der Waals surface area contributed by atoms with Gasteiger partial charge >= 0.3 is 0 Å². The molecule has 0 saturated carbocycles. The fraction of sp³-hybridized carbons (Fsp3) is 0.375. The number of hydrogen-bond donors (Lipinski definition) is 1. The van der Waals surface area contributed by atoms with Gasteiger partial charge in [0.25, 0.3) is 0 Å². The van der Waals surface area contributed by atoms with Crippen LogP contribution in [0.3, 0.4) is 0 Å². The third-order valence-electron chi connectivity index (χ3n) is 4.00. The predicted molar refractivity (Wildman–Crippen MR) is 96.6 cm³/mol. The first-order valence-corrected chi connectivity index (χ1v) is 8.64. The number of rotatable bonds is 4. The molecule has 0 bridgehead atoms. The highest BCUT2D eigenvalue weighted by Gasteiger charge is 2.18. The number of benzene rings is 1. The molecule has 2 aromatic rings. The first-order chi connectivity index (χ1) is 11.6. The van der Waals surface area contributed by atoms with Gasteiger partial charge in [-0.1, -0.05) is 0 Å². The zero-order valence-electron chi connectivity index (χ0n) is 13.3. The molecular weight excluding hydrogens is 375 g/mol. The number of piperazine rings is 1. The number of anilines is 1. The van der Waals surface area contributed by atoms with Gasteiger partial charge in [-0.15, -0.1) is 0 Å². The zero-order valence-corrected chi connectivity index (χ0v) is 14.9. The van der Waals surface area contributed by atoms with Crippen molar-refractivity contribution >= 4 is 27.6 Å². The van der Waals surface area contributed by atoms with Crippen molar-refractivity contribution in [2.24, 2.45) is 10.7 Å². The maximum Gasteiger partial charge on any atom is 0.191 e. The number of hydrogen-bond acceptors (Lipinski definition) is 3. The lowest BCUT2D eigenvalue weighted by Crippen LogP contribution is -2.51. The Morgan fingerprint density at radius 2 is 1.92 bits per heavy atom. The van der Waals surface area contributed by atoms with Gasteiger partial charge in [-0.05, 0) is 40.2 Å². The summed E-state index contributed by atoms with van der Waals surface area (Å²) in [6, 6.07) is 6.60. The molecule has 1 aromatic carbocycles. The lowest BCUT2D eigenvalue weighted by molar-refractivity contribution is 0.380. The molecule has 2 N–H and O–H groups in total. The van der Waals surface area contributed by atoms with Crippen LogP contribution in [0.25, 0.3) is 0 Å². The molecule has 0 amide bonds. The van der Waals surface area contributed by atoms with Crippen LogP contribution in [-0.2, 0) is 6.54 Å². The molecule has 1 saturated heterocycles. The Balaban J connectivity index is 1.48. The summed E-state index contributed by atoms with van der Waals surface area (Å²) in [6.07, 6.45) is 3.66. The summed E-state index contributed by atoms with van der Waals surface area (Å²) in [5.74, 6) is 0.359. The monoisotopic (exact) mass is 394 g/mol. The molecule has 1 fully saturated rings. The van der Waals surface area contributed by atoms with E-state index in [1.807, 2.05) is 23.0 Å². The van der Waals surface area contributed by atoms with Crippen LogP contribution in [0.2, 0.25) is 0 Å². The van der Waals surface area contributed by atoms with Gasteiger partial charge < -0.3 is 15.5 Å². The van der Waals surface area contributed by atoms with Crippen molar-refractivity contribution in [2.75, 3.05) is 37.6 Å². The normalized spacial score (nSPS) is 15.8. The molecule has 24 heavy (non-hydrogen) atoms. The quantitative estimate of drug-likeness (QED) is 0.635. The van der Waals surface area contributed by atoms with E-state index in [2.05, 4.69) is 35.8 Å². The van der Waals surface area contributed by atoms with Gasteiger partial charge in [-0.3, -0.25) is 9.67 Å². The van der Waals surface area contributed by atoms with Crippen LogP contribution in [0.15, 0.2) is 46.1 Å². The number of nitrogens with two attached hydrogens (primary N) is 1. The Labute approximate surface area is 148 Å². The van der Waals surface area contributed by atoms with Crippen LogP contribution in [0, 0.1) is 5.82 Å². The second kappa shape index (κ2) is 7.65. The Bertz CT molecular complexity index is 691. The number of halogens is 2. The van der Waals surface area contributed by atoms with Crippen LogP contribution in [0.4, 0.5) is 10.1 Å². The van der Waals surface area contributed by atoms with Crippen molar-refractivity contribution in [2.45, 2.75) is 6.54 Å². The average molecular weight is 395 g/mol. The topological polar surface area (TPSA) is 62.7 Å². The molecular formula is C16H20BrFN6. The van der Waals surface area contributed by atoms with Gasteiger partial charge in [0.05, 0.1) is 23.8 Å². The van der Waals surface area contributed by atoms with Crippen LogP contribution in [0.1, 0.15) is 0 Å². The number of aromatic nitrogens is 2. The summed E-state index contributed by atoms with van der Waals surface area (Å²) in [5, 5.41) is 4.19. The smallest absolute Gasteiger partial charge is 0.191 e. The molecule has 0 spiro atoms. The molecule has 2 heterocycles. The van der Waals surface area contributed by atoms with Crippen molar-refractivity contribution in [1.29, 1.82) is 0 Å². The van der Waals surface area contributed by atoms with E-state index in [-0.39, 0.29) is 5.82 Å². The summed E-state index contributed by atoms with van der Waals surface area (Å²) in [5.41, 5.74) is 7.13. The molecule has 0 unspecified atom stereocenters. The van der Waals surface area contributed by atoms with E-state index in [0.29, 0.717) is 19.0 Å². The van der Waals surface area contributed by atoms with Gasteiger partial charge in [0, 0.05) is 38.1 Å². The van der Waals surface area contributed by atoms with Crippen LogP contribution < -0.4 is 10.6 Å². The van der Waals surface area contributed by atoms with E-state index in [1.54, 1.807) is 6.20 Å². The summed E-state index contributed by atoms with van der Waals surface area (Å²) >= 11 is 3.37. The minimum atomic E-state index is -0.210. The van der Waals surface area contributed by atoms with E-state index in [4.69, 9.17) is 5.73 Å². The summed E-state index contributed by atoms with van der Waals surface area (Å²) in [6.45, 7) is 4.59. The van der Waals surface area contributed by atoms with E-state index >= 15 is 0 Å². The van der Waals surface area contributed by atoms with Crippen molar-refractivity contribution < 1.29 is 4.39 Å². The van der Waals surface area contributed by atoms with Gasteiger partial charge in [-0.25, -0.2) is 4.39 Å². The highest BCUT2D eigenvalue weighted by Crippen LogP contribution is 2.16. The Morgan fingerprint density at radius 1 is 1.21 bits per heavy atom. The van der Waals surface area contributed by atoms with Crippen molar-refractivity contribution in [1.82, 2.24) is 14.7 Å². The largest absolute Gasteiger partial charge is 0.370 e. The van der Waals surface area contributed by atoms with Gasteiger partial charge in [0.15, 0.2) is 5.96 Å². The molecule has 1 aliphatic rings. The Morgan fingerprint density at radius 3 is 2.54 bits per heavy atom. The second-order valence-corrected chi connectivity index (χ2v) is 6.53. The third-order valence-corrected chi connectivity index (χ3v) is 4.41. The molecule has 3 rings (SSSR count). The molecule has 6 nitrogen and oxygen atoms in total. The highest BCUT2D eigenvalue weighted by molar-refractivity contribution is 9.10. The third kappa shape index (κ3) is 4.25. The number of guanidine groups is 1. The van der Waals surface area contributed by atoms with E-state index < -0.39 is 0 Å². The van der Waals surface area contributed by atoms with E-state index in [0.717, 1.165) is 36.3 Å². The molecule has 0 atom stereocenters. The fourth-order valence-corrected chi connectivity index (χ4v) is 3.00. The number of nitrogens with zero attached hydrogens (tertiary/aromatic N) is 5. The average Bonchev–Trinajstić information content (AvgIpc) is 3.01. The minimum absolute atomic E-state index is 0.210. The van der Waals surface area contributed by atoms with Crippen LogP contribution in [0.5, 0.6) is 0 Å². The van der Waals surface area contributed by atoms with Gasteiger partial charge in [0.1, 0.15) is 5.82 Å². The van der Waals surface area contributed by atoms with E-state index in [1.165, 1.54) is 12.1 Å². The number of aliphatic imine (C=N–C) groups is 1. The van der Waals surface area contributed by atoms with Crippen molar-refractivity contribution in [3.8, 4) is 0 Å². The molecule has 1 aromatic heterocycles. The Kier molecular flexibility index (Phi) is 5.34. The summed E-state index contributed by atoms with van der Waals surface area (Å²) in [7, 11) is 0. The van der Waals surface area contributed by atoms with E-state index in [9.17, 15) is 4.39 Å². The molecule has 0 aliphatic carbocycles. The molecule has 128 valence electrons. The highest BCUT2D eigenvalue weighted by atomic mass is 79.9. The van der Waals surface area contributed by atoms with Gasteiger partial charge in [0.2, 0.25) is 0 Å². The van der Waals surface area contributed by atoms with Crippen LogP contribution >= 0.6 is 15.9 Å². The van der Waals surface area contributed by atoms with Gasteiger partial charge in [-0.2, -0.15) is 5.10 Å². The second-order valence-electron chi connectivity index (χ2n) is 5.61. The first kappa shape index (κ1) is 16.8. The predicted octanol–water partition coefficient (Wildman–Crippen LogP) is 1.92. The van der Waals surface area contributed by atoms with Crippen molar-refractivity contribution in [3.05, 3.63) is 46.9 Å². The fourth-order valence-electron chi connectivity index (χ4n) is 2.67. The lowest BCUT2D eigenvalue weighted by Gasteiger charge is -2.36. The maximum absolute atomic E-state index is 13.0.